The molecule has 3 rings (SSSR count). The molecule has 1 fully saturated rings. The van der Waals surface area contributed by atoms with E-state index in [1.165, 1.54) is 10.6 Å². The molecule has 2 N–H and O–H groups in total. The quantitative estimate of drug-likeness (QED) is 0.381. The number of benzene rings is 1. The fraction of sp³-hybridized carbons (Fsp3) is 0.545. The molecule has 1 aromatic carbocycles. The smallest absolute Gasteiger partial charge is 0.191 e. The number of ether oxygens (including phenoxy) is 1. The lowest BCUT2D eigenvalue weighted by Crippen LogP contribution is -2.47. The fourth-order valence-corrected chi connectivity index (χ4v) is 4.53. The number of aromatic nitrogens is 1. The van der Waals surface area contributed by atoms with Crippen LogP contribution >= 0.6 is 11.3 Å². The highest BCUT2D eigenvalue weighted by Gasteiger charge is 2.16. The van der Waals surface area contributed by atoms with E-state index < -0.39 is 0 Å². The number of piperazine rings is 1. The molecule has 2 aromatic rings. The molecule has 0 unspecified atom stereocenters. The summed E-state index contributed by atoms with van der Waals surface area (Å²) in [6.07, 6.45) is 1.10. The predicted octanol–water partition coefficient (Wildman–Crippen LogP) is 2.65. The van der Waals surface area contributed by atoms with Crippen LogP contribution in [0.2, 0.25) is 0 Å². The number of anilines is 1. The lowest BCUT2D eigenvalue weighted by molar-refractivity contribution is 0.255. The first kappa shape index (κ1) is 22.4. The zero-order chi connectivity index (χ0) is 21.3. The third-order valence-corrected chi connectivity index (χ3v) is 6.47. The highest BCUT2D eigenvalue weighted by atomic mass is 32.1. The Kier molecular flexibility index (Phi) is 8.33. The molecule has 0 amide bonds. The van der Waals surface area contributed by atoms with Gasteiger partial charge in [-0.15, -0.1) is 11.3 Å². The number of hydrogen-bond acceptors (Lipinski definition) is 6. The van der Waals surface area contributed by atoms with E-state index in [0.29, 0.717) is 0 Å². The van der Waals surface area contributed by atoms with Crippen LogP contribution in [0.4, 0.5) is 5.69 Å². The first-order chi connectivity index (χ1) is 14.6. The summed E-state index contributed by atoms with van der Waals surface area (Å²) < 4.78 is 5.25. The maximum atomic E-state index is 5.25. The maximum absolute atomic E-state index is 5.25. The summed E-state index contributed by atoms with van der Waals surface area (Å²) in [6, 6.07) is 8.36. The minimum Gasteiger partial charge on any atom is -0.497 e. The zero-order valence-electron chi connectivity index (χ0n) is 18.6. The molecule has 8 heteroatoms. The summed E-state index contributed by atoms with van der Waals surface area (Å²) in [7, 11) is 3.52. The first-order valence-electron chi connectivity index (χ1n) is 10.6. The number of hydrogen-bond donors (Lipinski definition) is 2. The Morgan fingerprint density at radius 3 is 2.47 bits per heavy atom. The van der Waals surface area contributed by atoms with Gasteiger partial charge in [-0.05, 0) is 51.1 Å². The Morgan fingerprint density at radius 2 is 1.87 bits per heavy atom. The van der Waals surface area contributed by atoms with Crippen LogP contribution in [-0.2, 0) is 6.54 Å². The molecule has 0 spiro atoms. The van der Waals surface area contributed by atoms with Crippen LogP contribution in [-0.4, -0.2) is 69.3 Å². The van der Waals surface area contributed by atoms with Gasteiger partial charge in [-0.2, -0.15) is 0 Å². The van der Waals surface area contributed by atoms with Gasteiger partial charge in [-0.3, -0.25) is 9.89 Å². The number of aryl methyl sites for hydroxylation is 2. The molecular weight excluding hydrogens is 396 g/mol. The van der Waals surface area contributed by atoms with Gasteiger partial charge in [-0.1, -0.05) is 0 Å². The van der Waals surface area contributed by atoms with Crippen LogP contribution in [0.3, 0.4) is 0 Å². The van der Waals surface area contributed by atoms with Crippen LogP contribution < -0.4 is 20.3 Å². The van der Waals surface area contributed by atoms with Crippen LogP contribution in [0, 0.1) is 13.8 Å². The minimum atomic E-state index is 0.768. The minimum absolute atomic E-state index is 0.768. The molecule has 1 aliphatic rings. The van der Waals surface area contributed by atoms with E-state index in [1.54, 1.807) is 18.4 Å². The first-order valence-corrected chi connectivity index (χ1v) is 11.4. The van der Waals surface area contributed by atoms with Gasteiger partial charge < -0.3 is 20.3 Å². The van der Waals surface area contributed by atoms with E-state index in [9.17, 15) is 0 Å². The third-order valence-electron chi connectivity index (χ3n) is 5.39. The van der Waals surface area contributed by atoms with Crippen molar-refractivity contribution < 1.29 is 4.74 Å². The summed E-state index contributed by atoms with van der Waals surface area (Å²) >= 11 is 1.74. The van der Waals surface area contributed by atoms with Crippen molar-refractivity contribution in [3.63, 3.8) is 0 Å². The molecule has 1 saturated heterocycles. The largest absolute Gasteiger partial charge is 0.497 e. The monoisotopic (exact) mass is 430 g/mol. The number of aliphatic imine (C=N–C) groups is 1. The van der Waals surface area contributed by atoms with E-state index in [-0.39, 0.29) is 0 Å². The predicted molar refractivity (Wildman–Crippen MR) is 126 cm³/mol. The second kappa shape index (κ2) is 11.2. The van der Waals surface area contributed by atoms with Crippen LogP contribution in [0.1, 0.15) is 22.0 Å². The Labute approximate surface area is 184 Å². The van der Waals surface area contributed by atoms with Gasteiger partial charge in [0.1, 0.15) is 5.75 Å². The molecule has 164 valence electrons. The Morgan fingerprint density at radius 1 is 1.13 bits per heavy atom. The molecule has 30 heavy (non-hydrogen) atoms. The summed E-state index contributed by atoms with van der Waals surface area (Å²) in [4.78, 5) is 15.1. The van der Waals surface area contributed by atoms with E-state index >= 15 is 0 Å². The van der Waals surface area contributed by atoms with Crippen LogP contribution in [0.5, 0.6) is 5.75 Å². The molecular formula is C22H34N6OS. The summed E-state index contributed by atoms with van der Waals surface area (Å²) in [5.41, 5.74) is 2.38. The standard InChI is InChI=1S/C22H34N6OS/c1-17-21(30-18(2)26-17)16-25-22(23-3)24-10-5-11-27-12-14-28(15-13-27)19-6-8-20(29-4)9-7-19/h6-9H,5,10-16H2,1-4H3,(H2,23,24,25). The lowest BCUT2D eigenvalue weighted by Gasteiger charge is -2.36. The number of guanidine groups is 1. The Balaban J connectivity index is 1.32. The van der Waals surface area contributed by atoms with Gasteiger partial charge in [0.2, 0.25) is 0 Å². The van der Waals surface area contributed by atoms with Crippen molar-refractivity contribution in [3.8, 4) is 5.75 Å². The van der Waals surface area contributed by atoms with Gasteiger partial charge in [0, 0.05) is 50.3 Å². The molecule has 1 aliphatic heterocycles. The number of nitrogens with one attached hydrogen (secondary N) is 2. The molecule has 7 nitrogen and oxygen atoms in total. The van der Waals surface area contributed by atoms with Gasteiger partial charge in [0.25, 0.3) is 0 Å². The molecule has 0 saturated carbocycles. The van der Waals surface area contributed by atoms with Gasteiger partial charge >= 0.3 is 0 Å². The number of nitrogens with zero attached hydrogens (tertiary/aromatic N) is 4. The van der Waals surface area contributed by atoms with Crippen molar-refractivity contribution in [2.45, 2.75) is 26.8 Å². The molecule has 0 radical (unpaired) electrons. The van der Waals surface area contributed by atoms with Crippen molar-refractivity contribution in [1.29, 1.82) is 0 Å². The van der Waals surface area contributed by atoms with E-state index in [1.807, 2.05) is 26.1 Å². The normalized spacial score (nSPS) is 15.3. The number of thiazole rings is 1. The summed E-state index contributed by atoms with van der Waals surface area (Å²) in [5, 5.41) is 7.93. The molecule has 0 aliphatic carbocycles. The highest BCUT2D eigenvalue weighted by molar-refractivity contribution is 7.11. The Hall–Kier alpha value is -2.32. The summed E-state index contributed by atoms with van der Waals surface area (Å²) in [5.74, 6) is 1.76. The molecule has 2 heterocycles. The SMILES string of the molecule is CN=C(NCCCN1CCN(c2ccc(OC)cc2)CC1)NCc1sc(C)nc1C. The van der Waals surface area contributed by atoms with Crippen molar-refractivity contribution in [2.24, 2.45) is 4.99 Å². The third kappa shape index (κ3) is 6.34. The highest BCUT2D eigenvalue weighted by Crippen LogP contribution is 2.20. The number of methoxy groups -OCH3 is 1. The lowest BCUT2D eigenvalue weighted by atomic mass is 10.2. The van der Waals surface area contributed by atoms with Crippen molar-refractivity contribution >= 4 is 23.0 Å². The average Bonchev–Trinajstić information content (AvgIpc) is 3.10. The van der Waals surface area contributed by atoms with E-state index in [4.69, 9.17) is 4.74 Å². The maximum Gasteiger partial charge on any atom is 0.191 e. The molecule has 0 bridgehead atoms. The topological polar surface area (TPSA) is 65.0 Å². The van der Waals surface area contributed by atoms with Crippen molar-refractivity contribution in [3.05, 3.63) is 39.8 Å². The Bertz CT molecular complexity index is 812. The fourth-order valence-electron chi connectivity index (χ4n) is 3.65. The van der Waals surface area contributed by atoms with Crippen molar-refractivity contribution in [2.75, 3.05) is 58.3 Å². The zero-order valence-corrected chi connectivity index (χ0v) is 19.4. The second-order valence-corrected chi connectivity index (χ2v) is 8.76. The molecule has 1 aromatic heterocycles. The van der Waals surface area contributed by atoms with Gasteiger partial charge in [0.15, 0.2) is 5.96 Å². The van der Waals surface area contributed by atoms with Crippen molar-refractivity contribution in [1.82, 2.24) is 20.5 Å². The number of rotatable bonds is 8. The second-order valence-electron chi connectivity index (χ2n) is 7.47. The van der Waals surface area contributed by atoms with Gasteiger partial charge in [-0.25, -0.2) is 4.98 Å². The summed E-state index contributed by atoms with van der Waals surface area (Å²) in [6.45, 7) is 11.2. The van der Waals surface area contributed by atoms with E-state index in [0.717, 1.165) is 74.6 Å². The average molecular weight is 431 g/mol. The van der Waals surface area contributed by atoms with Crippen LogP contribution in [0.25, 0.3) is 0 Å². The molecule has 0 atom stereocenters. The van der Waals surface area contributed by atoms with E-state index in [2.05, 4.69) is 49.5 Å². The van der Waals surface area contributed by atoms with Crippen LogP contribution in [0.15, 0.2) is 29.3 Å². The van der Waals surface area contributed by atoms with Gasteiger partial charge in [0.05, 0.1) is 24.4 Å².